The number of aryl methyl sites for hydroxylation is 1. The highest BCUT2D eigenvalue weighted by molar-refractivity contribution is 7.89. The molecule has 0 aliphatic carbocycles. The summed E-state index contributed by atoms with van der Waals surface area (Å²) in [6, 6.07) is 0.818. The minimum atomic E-state index is -5.08. The molecule has 1 heterocycles. The van der Waals surface area contributed by atoms with Crippen LogP contribution in [0, 0.1) is 6.92 Å². The van der Waals surface area contributed by atoms with E-state index in [1.54, 1.807) is 0 Å². The third kappa shape index (κ3) is 3.47. The number of nitrogens with two attached hydrogens (primary N) is 1. The molecule has 0 aliphatic rings. The van der Waals surface area contributed by atoms with Crippen molar-refractivity contribution in [3.05, 3.63) is 11.8 Å². The van der Waals surface area contributed by atoms with E-state index in [-0.39, 0.29) is 11.4 Å². The summed E-state index contributed by atoms with van der Waals surface area (Å²) in [7, 11) is -3.21. The fourth-order valence-electron chi connectivity index (χ4n) is 1.14. The summed E-state index contributed by atoms with van der Waals surface area (Å²) < 4.78 is 66.9. The smallest absolute Gasteiger partial charge is 0.495 e. The largest absolute Gasteiger partial charge is 0.574 e. The van der Waals surface area contributed by atoms with Gasteiger partial charge in [0, 0.05) is 6.07 Å². The Morgan fingerprint density at radius 1 is 1.39 bits per heavy atom. The lowest BCUT2D eigenvalue weighted by molar-refractivity contribution is -0.277. The van der Waals surface area contributed by atoms with Crippen LogP contribution in [-0.4, -0.2) is 26.9 Å². The van der Waals surface area contributed by atoms with Crippen LogP contribution < -0.4 is 14.6 Å². The Balaban J connectivity index is 3.45. The van der Waals surface area contributed by atoms with Gasteiger partial charge in [-0.1, -0.05) is 0 Å². The van der Waals surface area contributed by atoms with Crippen molar-refractivity contribution >= 4 is 10.0 Å². The number of nitrogens with zero attached hydrogens (tertiary/aromatic N) is 1. The second-order valence-electron chi connectivity index (χ2n) is 3.17. The molecular weight excluding hydrogens is 277 g/mol. The SMILES string of the molecule is COc1cc(S(N)(=O)=O)c(OC(F)(F)F)nc1C. The molecule has 0 bridgehead atoms. The Bertz CT molecular complexity index is 556. The Kier molecular flexibility index (Phi) is 3.72. The standard InChI is InChI=1S/C8H9F3N2O4S/c1-4-5(16-2)3-6(18(12,14)15)7(13-4)17-8(9,10)11/h3H,1-2H3,(H2,12,14,15). The maximum atomic E-state index is 12.1. The van der Waals surface area contributed by atoms with Crippen molar-refractivity contribution in [2.24, 2.45) is 5.14 Å². The molecule has 0 atom stereocenters. The van der Waals surface area contributed by atoms with Gasteiger partial charge in [-0.25, -0.2) is 18.5 Å². The Morgan fingerprint density at radius 2 is 1.94 bits per heavy atom. The Morgan fingerprint density at radius 3 is 2.33 bits per heavy atom. The first-order valence-electron chi connectivity index (χ1n) is 4.39. The van der Waals surface area contributed by atoms with Gasteiger partial charge in [0.05, 0.1) is 12.8 Å². The van der Waals surface area contributed by atoms with Crippen molar-refractivity contribution in [2.45, 2.75) is 18.2 Å². The van der Waals surface area contributed by atoms with Gasteiger partial charge in [0.25, 0.3) is 0 Å². The van der Waals surface area contributed by atoms with E-state index in [1.165, 1.54) is 14.0 Å². The van der Waals surface area contributed by atoms with E-state index in [0.717, 1.165) is 6.07 Å². The zero-order valence-corrected chi connectivity index (χ0v) is 10.1. The first-order valence-corrected chi connectivity index (χ1v) is 5.93. The normalized spacial score (nSPS) is 12.3. The van der Waals surface area contributed by atoms with Crippen LogP contribution in [0.15, 0.2) is 11.0 Å². The number of sulfonamides is 1. The lowest BCUT2D eigenvalue weighted by atomic mass is 10.3. The number of rotatable bonds is 3. The van der Waals surface area contributed by atoms with E-state index in [2.05, 4.69) is 9.72 Å². The maximum absolute atomic E-state index is 12.1. The van der Waals surface area contributed by atoms with Gasteiger partial charge in [0.15, 0.2) is 0 Å². The lowest BCUT2D eigenvalue weighted by Gasteiger charge is -2.13. The summed E-state index contributed by atoms with van der Waals surface area (Å²) >= 11 is 0. The second kappa shape index (κ2) is 4.61. The molecule has 1 aromatic heterocycles. The van der Waals surface area contributed by atoms with E-state index in [4.69, 9.17) is 9.88 Å². The molecule has 1 aromatic rings. The molecule has 1 rings (SSSR count). The monoisotopic (exact) mass is 286 g/mol. The molecule has 0 spiro atoms. The number of methoxy groups -OCH3 is 1. The van der Waals surface area contributed by atoms with E-state index < -0.39 is 27.2 Å². The van der Waals surface area contributed by atoms with Gasteiger partial charge in [0.2, 0.25) is 15.9 Å². The molecule has 0 aliphatic heterocycles. The number of hydrogen-bond acceptors (Lipinski definition) is 5. The van der Waals surface area contributed by atoms with E-state index in [1.807, 2.05) is 0 Å². The molecule has 0 saturated heterocycles. The van der Waals surface area contributed by atoms with Crippen molar-refractivity contribution in [2.75, 3.05) is 7.11 Å². The summed E-state index contributed by atoms with van der Waals surface area (Å²) in [6.07, 6.45) is -5.08. The van der Waals surface area contributed by atoms with Gasteiger partial charge in [-0.2, -0.15) is 0 Å². The van der Waals surface area contributed by atoms with Crippen LogP contribution in [0.4, 0.5) is 13.2 Å². The quantitative estimate of drug-likeness (QED) is 0.893. The average Bonchev–Trinajstić information content (AvgIpc) is 2.13. The van der Waals surface area contributed by atoms with Crippen LogP contribution >= 0.6 is 0 Å². The minimum absolute atomic E-state index is 0.0199. The third-order valence-electron chi connectivity index (χ3n) is 1.84. The van der Waals surface area contributed by atoms with Gasteiger partial charge in [0.1, 0.15) is 10.6 Å². The lowest BCUT2D eigenvalue weighted by Crippen LogP contribution is -2.22. The topological polar surface area (TPSA) is 91.5 Å². The molecule has 2 N–H and O–H groups in total. The number of ether oxygens (including phenoxy) is 2. The van der Waals surface area contributed by atoms with Crippen LogP contribution in [0.2, 0.25) is 0 Å². The van der Waals surface area contributed by atoms with E-state index >= 15 is 0 Å². The van der Waals surface area contributed by atoms with Crippen molar-refractivity contribution < 1.29 is 31.1 Å². The predicted molar refractivity (Wildman–Crippen MR) is 53.6 cm³/mol. The van der Waals surface area contributed by atoms with Crippen LogP contribution in [0.25, 0.3) is 0 Å². The number of pyridine rings is 1. The first-order chi connectivity index (χ1) is 8.04. The van der Waals surface area contributed by atoms with Crippen molar-refractivity contribution in [3.8, 4) is 11.6 Å². The highest BCUT2D eigenvalue weighted by Crippen LogP contribution is 2.31. The molecule has 0 fully saturated rings. The van der Waals surface area contributed by atoms with Gasteiger partial charge < -0.3 is 9.47 Å². The summed E-state index contributed by atoms with van der Waals surface area (Å²) in [5.41, 5.74) is 0.0316. The second-order valence-corrected chi connectivity index (χ2v) is 4.70. The number of halogens is 3. The number of hydrogen-bond donors (Lipinski definition) is 1. The molecule has 0 radical (unpaired) electrons. The zero-order chi connectivity index (χ0) is 14.1. The number of aromatic nitrogens is 1. The van der Waals surface area contributed by atoms with Gasteiger partial charge in [-0.3, -0.25) is 0 Å². The van der Waals surface area contributed by atoms with Crippen LogP contribution in [0.3, 0.4) is 0 Å². The fraction of sp³-hybridized carbons (Fsp3) is 0.375. The maximum Gasteiger partial charge on any atom is 0.574 e. The molecule has 0 amide bonds. The molecule has 6 nitrogen and oxygen atoms in total. The van der Waals surface area contributed by atoms with E-state index in [9.17, 15) is 21.6 Å². The summed E-state index contributed by atoms with van der Waals surface area (Å²) in [5.74, 6) is -1.16. The molecule has 18 heavy (non-hydrogen) atoms. The Labute approximate surface area is 101 Å². The highest BCUT2D eigenvalue weighted by atomic mass is 32.2. The molecule has 102 valence electrons. The van der Waals surface area contributed by atoms with Gasteiger partial charge >= 0.3 is 6.36 Å². The summed E-state index contributed by atoms with van der Waals surface area (Å²) in [6.45, 7) is 1.33. The van der Waals surface area contributed by atoms with Crippen LogP contribution in [-0.2, 0) is 10.0 Å². The average molecular weight is 286 g/mol. The zero-order valence-electron chi connectivity index (χ0n) is 9.28. The highest BCUT2D eigenvalue weighted by Gasteiger charge is 2.35. The van der Waals surface area contributed by atoms with Gasteiger partial charge in [-0.05, 0) is 6.92 Å². The predicted octanol–water partition coefficient (Wildman–Crippen LogP) is 0.945. The van der Waals surface area contributed by atoms with Crippen LogP contribution in [0.1, 0.15) is 5.69 Å². The fourth-order valence-corrected chi connectivity index (χ4v) is 1.74. The molecule has 0 unspecified atom stereocenters. The summed E-state index contributed by atoms with van der Waals surface area (Å²) in [5, 5.41) is 4.78. The molecule has 0 aromatic carbocycles. The molecular formula is C8H9F3N2O4S. The van der Waals surface area contributed by atoms with Crippen LogP contribution in [0.5, 0.6) is 11.6 Å². The molecule has 10 heteroatoms. The minimum Gasteiger partial charge on any atom is -0.495 e. The van der Waals surface area contributed by atoms with Crippen molar-refractivity contribution in [3.63, 3.8) is 0 Å². The molecule has 0 saturated carbocycles. The van der Waals surface area contributed by atoms with Crippen molar-refractivity contribution in [1.29, 1.82) is 0 Å². The third-order valence-corrected chi connectivity index (χ3v) is 2.74. The van der Waals surface area contributed by atoms with Gasteiger partial charge in [-0.15, -0.1) is 13.2 Å². The first kappa shape index (κ1) is 14.5. The Hall–Kier alpha value is -1.55. The van der Waals surface area contributed by atoms with E-state index in [0.29, 0.717) is 0 Å². The van der Waals surface area contributed by atoms with Crippen molar-refractivity contribution in [1.82, 2.24) is 4.98 Å². The summed E-state index contributed by atoms with van der Waals surface area (Å²) in [4.78, 5) is 2.47. The number of alkyl halides is 3. The number of primary sulfonamides is 1.